The minimum atomic E-state index is 0.376. The minimum Gasteiger partial charge on any atom is -0.437 e. The SMILES string of the molecule is CSc1nc2oc(-c3ccccc3)cc2c(=N)n1-c1ccccc1. The number of furan rings is 1. The number of nitrogens with one attached hydrogen (secondary N) is 1. The molecule has 4 aromatic rings. The lowest BCUT2D eigenvalue weighted by molar-refractivity contribution is 0.605. The van der Waals surface area contributed by atoms with Gasteiger partial charge in [0.1, 0.15) is 11.2 Å². The molecule has 0 unspecified atom stereocenters. The first-order chi connectivity index (χ1) is 11.8. The number of thioether (sulfide) groups is 1. The number of hydrogen-bond donors (Lipinski definition) is 1. The molecular weight excluding hydrogens is 318 g/mol. The smallest absolute Gasteiger partial charge is 0.232 e. The Morgan fingerprint density at radius 2 is 1.67 bits per heavy atom. The van der Waals surface area contributed by atoms with Gasteiger partial charge in [-0.1, -0.05) is 60.3 Å². The average molecular weight is 333 g/mol. The first-order valence-corrected chi connectivity index (χ1v) is 8.76. The van der Waals surface area contributed by atoms with E-state index in [-0.39, 0.29) is 0 Å². The third-order valence-corrected chi connectivity index (χ3v) is 4.47. The highest BCUT2D eigenvalue weighted by Crippen LogP contribution is 2.27. The van der Waals surface area contributed by atoms with E-state index in [0.29, 0.717) is 16.6 Å². The molecule has 4 rings (SSSR count). The van der Waals surface area contributed by atoms with E-state index in [1.54, 1.807) is 0 Å². The van der Waals surface area contributed by atoms with E-state index in [9.17, 15) is 0 Å². The van der Waals surface area contributed by atoms with Crippen molar-refractivity contribution in [3.8, 4) is 17.0 Å². The minimum absolute atomic E-state index is 0.376. The van der Waals surface area contributed by atoms with E-state index in [0.717, 1.165) is 22.2 Å². The highest BCUT2D eigenvalue weighted by molar-refractivity contribution is 7.98. The molecule has 24 heavy (non-hydrogen) atoms. The summed E-state index contributed by atoms with van der Waals surface area (Å²) in [5.41, 5.74) is 2.77. The molecule has 0 amide bonds. The van der Waals surface area contributed by atoms with Crippen LogP contribution in [-0.4, -0.2) is 15.8 Å². The zero-order valence-electron chi connectivity index (χ0n) is 13.1. The van der Waals surface area contributed by atoms with Gasteiger partial charge in [-0.2, -0.15) is 4.98 Å². The molecule has 0 fully saturated rings. The van der Waals surface area contributed by atoms with Crippen LogP contribution in [0.2, 0.25) is 0 Å². The van der Waals surface area contributed by atoms with E-state index >= 15 is 0 Å². The quantitative estimate of drug-likeness (QED) is 0.444. The van der Waals surface area contributed by atoms with Crippen LogP contribution in [0.1, 0.15) is 0 Å². The van der Waals surface area contributed by atoms with E-state index in [4.69, 9.17) is 9.83 Å². The normalized spacial score (nSPS) is 11.0. The highest BCUT2D eigenvalue weighted by atomic mass is 32.2. The first-order valence-electron chi connectivity index (χ1n) is 7.54. The lowest BCUT2D eigenvalue weighted by atomic mass is 10.2. The molecule has 5 heteroatoms. The van der Waals surface area contributed by atoms with Crippen molar-refractivity contribution in [3.05, 3.63) is 72.2 Å². The van der Waals surface area contributed by atoms with Crippen molar-refractivity contribution in [1.29, 1.82) is 5.41 Å². The van der Waals surface area contributed by atoms with Crippen LogP contribution in [0.5, 0.6) is 0 Å². The molecule has 0 saturated heterocycles. The summed E-state index contributed by atoms with van der Waals surface area (Å²) in [6.07, 6.45) is 1.95. The number of para-hydroxylation sites is 1. The van der Waals surface area contributed by atoms with E-state index in [1.807, 2.05) is 77.6 Å². The van der Waals surface area contributed by atoms with Crippen LogP contribution < -0.4 is 5.49 Å². The fraction of sp³-hybridized carbons (Fsp3) is 0.0526. The van der Waals surface area contributed by atoms with Crippen molar-refractivity contribution in [2.24, 2.45) is 0 Å². The maximum atomic E-state index is 8.65. The first kappa shape index (κ1) is 14.8. The molecule has 2 aromatic heterocycles. The molecule has 0 aliphatic carbocycles. The Hall–Kier alpha value is -2.79. The maximum absolute atomic E-state index is 8.65. The Bertz CT molecular complexity index is 1050. The fourth-order valence-corrected chi connectivity index (χ4v) is 3.24. The van der Waals surface area contributed by atoms with Crippen molar-refractivity contribution < 1.29 is 4.42 Å². The Balaban J connectivity index is 1.99. The van der Waals surface area contributed by atoms with Gasteiger partial charge in [0.25, 0.3) is 0 Å². The topological polar surface area (TPSA) is 54.8 Å². The lowest BCUT2D eigenvalue weighted by Gasteiger charge is -2.11. The summed E-state index contributed by atoms with van der Waals surface area (Å²) >= 11 is 1.50. The molecular formula is C19H15N3OS. The number of fused-ring (bicyclic) bond motifs is 1. The molecule has 0 bridgehead atoms. The number of benzene rings is 2. The maximum Gasteiger partial charge on any atom is 0.232 e. The summed E-state index contributed by atoms with van der Waals surface area (Å²) in [5.74, 6) is 0.726. The Morgan fingerprint density at radius 1 is 1.00 bits per heavy atom. The second-order valence-electron chi connectivity index (χ2n) is 5.31. The van der Waals surface area contributed by atoms with Gasteiger partial charge in [0.2, 0.25) is 5.71 Å². The van der Waals surface area contributed by atoms with Crippen LogP contribution in [-0.2, 0) is 0 Å². The molecule has 4 nitrogen and oxygen atoms in total. The van der Waals surface area contributed by atoms with Crippen LogP contribution in [0.4, 0.5) is 0 Å². The van der Waals surface area contributed by atoms with Gasteiger partial charge < -0.3 is 4.42 Å². The van der Waals surface area contributed by atoms with Crippen LogP contribution in [0.25, 0.3) is 28.1 Å². The number of nitrogens with zero attached hydrogens (tertiary/aromatic N) is 2. The average Bonchev–Trinajstić information content (AvgIpc) is 3.07. The Kier molecular flexibility index (Phi) is 3.70. The summed E-state index contributed by atoms with van der Waals surface area (Å²) in [7, 11) is 0. The second kappa shape index (κ2) is 6.02. The third kappa shape index (κ3) is 2.43. The third-order valence-electron chi connectivity index (χ3n) is 3.83. The van der Waals surface area contributed by atoms with Crippen LogP contribution in [0, 0.1) is 5.41 Å². The summed E-state index contributed by atoms with van der Waals surface area (Å²) < 4.78 is 7.76. The number of aromatic nitrogens is 2. The van der Waals surface area contributed by atoms with Gasteiger partial charge in [0.15, 0.2) is 5.16 Å². The Labute approximate surface area is 143 Å². The monoisotopic (exact) mass is 333 g/mol. The predicted octanol–water partition coefficient (Wildman–Crippen LogP) is 4.49. The van der Waals surface area contributed by atoms with Gasteiger partial charge in [-0.3, -0.25) is 9.98 Å². The zero-order valence-corrected chi connectivity index (χ0v) is 13.9. The van der Waals surface area contributed by atoms with E-state index < -0.39 is 0 Å². The molecule has 0 saturated carbocycles. The molecule has 2 heterocycles. The van der Waals surface area contributed by atoms with Crippen LogP contribution >= 0.6 is 11.8 Å². The van der Waals surface area contributed by atoms with Gasteiger partial charge in [-0.25, -0.2) is 0 Å². The highest BCUT2D eigenvalue weighted by Gasteiger charge is 2.14. The van der Waals surface area contributed by atoms with Gasteiger partial charge in [0.05, 0.1) is 5.39 Å². The molecule has 0 radical (unpaired) electrons. The van der Waals surface area contributed by atoms with Crippen molar-refractivity contribution in [2.45, 2.75) is 5.16 Å². The zero-order chi connectivity index (χ0) is 16.5. The molecule has 0 aliphatic heterocycles. The fourth-order valence-electron chi connectivity index (χ4n) is 2.69. The summed E-state index contributed by atoms with van der Waals surface area (Å²) in [4.78, 5) is 4.62. The molecule has 2 aromatic carbocycles. The van der Waals surface area contributed by atoms with Crippen LogP contribution in [0.3, 0.4) is 0 Å². The van der Waals surface area contributed by atoms with Crippen molar-refractivity contribution in [2.75, 3.05) is 6.26 Å². The van der Waals surface area contributed by atoms with Gasteiger partial charge in [0, 0.05) is 11.3 Å². The standard InChI is InChI=1S/C19H15N3OS/c1-24-19-21-18-15(12-16(23-18)13-8-4-2-5-9-13)17(20)22(19)14-10-6-3-7-11-14/h2-12,20H,1H3. The summed E-state index contributed by atoms with van der Waals surface area (Å²) in [5, 5.41) is 10.1. The van der Waals surface area contributed by atoms with Crippen molar-refractivity contribution in [1.82, 2.24) is 9.55 Å². The van der Waals surface area contributed by atoms with E-state index in [1.165, 1.54) is 11.8 Å². The molecule has 0 atom stereocenters. The molecule has 0 spiro atoms. The number of hydrogen-bond acceptors (Lipinski definition) is 4. The molecule has 1 N–H and O–H groups in total. The largest absolute Gasteiger partial charge is 0.437 e. The van der Waals surface area contributed by atoms with E-state index in [2.05, 4.69) is 4.98 Å². The second-order valence-corrected chi connectivity index (χ2v) is 6.09. The van der Waals surface area contributed by atoms with Gasteiger partial charge in [-0.15, -0.1) is 0 Å². The lowest BCUT2D eigenvalue weighted by Crippen LogP contribution is -2.21. The Morgan fingerprint density at radius 3 is 2.33 bits per heavy atom. The van der Waals surface area contributed by atoms with Crippen LogP contribution in [0.15, 0.2) is 76.3 Å². The predicted molar refractivity (Wildman–Crippen MR) is 96.4 cm³/mol. The van der Waals surface area contributed by atoms with Crippen molar-refractivity contribution in [3.63, 3.8) is 0 Å². The molecule has 0 aliphatic rings. The number of rotatable bonds is 3. The van der Waals surface area contributed by atoms with Gasteiger partial charge in [-0.05, 0) is 24.5 Å². The summed E-state index contributed by atoms with van der Waals surface area (Å²) in [6, 6.07) is 21.6. The molecule has 118 valence electrons. The van der Waals surface area contributed by atoms with Gasteiger partial charge >= 0.3 is 0 Å². The van der Waals surface area contributed by atoms with Crippen molar-refractivity contribution >= 4 is 22.9 Å². The summed E-state index contributed by atoms with van der Waals surface area (Å²) in [6.45, 7) is 0.